The monoisotopic (exact) mass is 476 g/mol. The third-order valence-corrected chi connectivity index (χ3v) is 5.79. The molecule has 0 spiro atoms. The zero-order valence-corrected chi connectivity index (χ0v) is 18.7. The minimum absolute atomic E-state index is 0.0403. The summed E-state index contributed by atoms with van der Waals surface area (Å²) in [5.74, 6) is 1.03. The summed E-state index contributed by atoms with van der Waals surface area (Å²) in [4.78, 5) is 29.7. The predicted octanol–water partition coefficient (Wildman–Crippen LogP) is 2.61. The van der Waals surface area contributed by atoms with Gasteiger partial charge in [0.15, 0.2) is 11.6 Å². The fourth-order valence-electron chi connectivity index (χ4n) is 3.93. The molecule has 178 valence electrons. The van der Waals surface area contributed by atoms with Gasteiger partial charge in [-0.2, -0.15) is 0 Å². The van der Waals surface area contributed by atoms with E-state index < -0.39 is 0 Å². The largest absolute Gasteiger partial charge is 0.384 e. The van der Waals surface area contributed by atoms with E-state index in [0.717, 1.165) is 5.82 Å². The SMILES string of the molecule is Nc1cc(N2CCN(C(=O)Cn3nc(-c4ccc(F)cc4)nc3-c3ccc(F)cc3)CC2)ncn1. The first-order valence-electron chi connectivity index (χ1n) is 11.0. The number of amides is 1. The van der Waals surface area contributed by atoms with Gasteiger partial charge in [0.05, 0.1) is 0 Å². The summed E-state index contributed by atoms with van der Waals surface area (Å²) < 4.78 is 28.4. The molecular weight excluding hydrogens is 454 g/mol. The normalized spacial score (nSPS) is 13.8. The Kier molecular flexibility index (Phi) is 6.04. The molecule has 0 saturated carbocycles. The molecular formula is C24H22F2N8O. The Morgan fingerprint density at radius 2 is 1.51 bits per heavy atom. The predicted molar refractivity (Wildman–Crippen MR) is 126 cm³/mol. The molecule has 0 aliphatic carbocycles. The second kappa shape index (κ2) is 9.45. The van der Waals surface area contributed by atoms with Crippen molar-refractivity contribution in [3.63, 3.8) is 0 Å². The van der Waals surface area contributed by atoms with Crippen molar-refractivity contribution >= 4 is 17.5 Å². The highest BCUT2D eigenvalue weighted by atomic mass is 19.1. The third kappa shape index (κ3) is 4.93. The van der Waals surface area contributed by atoms with E-state index in [-0.39, 0.29) is 24.1 Å². The maximum absolute atomic E-state index is 13.5. The van der Waals surface area contributed by atoms with Crippen molar-refractivity contribution in [2.24, 2.45) is 0 Å². The van der Waals surface area contributed by atoms with Crippen molar-refractivity contribution < 1.29 is 13.6 Å². The van der Waals surface area contributed by atoms with E-state index in [2.05, 4.69) is 20.1 Å². The minimum Gasteiger partial charge on any atom is -0.384 e. The van der Waals surface area contributed by atoms with Crippen LogP contribution in [0.1, 0.15) is 0 Å². The molecule has 2 N–H and O–H groups in total. The van der Waals surface area contributed by atoms with Crippen LogP contribution in [-0.2, 0) is 11.3 Å². The number of carbonyl (C=O) groups is 1. The second-order valence-electron chi connectivity index (χ2n) is 8.10. The lowest BCUT2D eigenvalue weighted by Crippen LogP contribution is -2.50. The lowest BCUT2D eigenvalue weighted by atomic mass is 10.2. The Hall–Kier alpha value is -4.41. The Morgan fingerprint density at radius 1 is 0.886 bits per heavy atom. The quantitative estimate of drug-likeness (QED) is 0.472. The third-order valence-electron chi connectivity index (χ3n) is 5.79. The summed E-state index contributed by atoms with van der Waals surface area (Å²) in [5.41, 5.74) is 6.98. The average Bonchev–Trinajstić information content (AvgIpc) is 3.28. The molecule has 2 aromatic carbocycles. The number of rotatable bonds is 5. The van der Waals surface area contributed by atoms with E-state index in [1.807, 2.05) is 4.90 Å². The Labute approximate surface area is 199 Å². The van der Waals surface area contributed by atoms with Crippen LogP contribution in [0.5, 0.6) is 0 Å². The molecule has 0 unspecified atom stereocenters. The summed E-state index contributed by atoms with van der Waals surface area (Å²) in [5, 5.41) is 4.52. The summed E-state index contributed by atoms with van der Waals surface area (Å²) in [6.45, 7) is 2.18. The standard InChI is InChI=1S/C24H22F2N8O/c25-18-5-1-16(2-6-18)23-30-24(17-3-7-19(26)8-4-17)34(31-23)14-22(35)33-11-9-32(10-12-33)21-13-20(27)28-15-29-21/h1-8,13,15H,9-12,14H2,(H2,27,28,29). The van der Waals surface area contributed by atoms with Crippen molar-refractivity contribution in [2.75, 3.05) is 36.8 Å². The van der Waals surface area contributed by atoms with Crippen LogP contribution in [0.4, 0.5) is 20.4 Å². The summed E-state index contributed by atoms with van der Waals surface area (Å²) >= 11 is 0. The molecule has 0 bridgehead atoms. The van der Waals surface area contributed by atoms with Gasteiger partial charge >= 0.3 is 0 Å². The molecule has 3 heterocycles. The number of hydrogen-bond donors (Lipinski definition) is 1. The topological polar surface area (TPSA) is 106 Å². The van der Waals surface area contributed by atoms with Crippen molar-refractivity contribution in [3.05, 3.63) is 72.6 Å². The first-order chi connectivity index (χ1) is 17.0. The van der Waals surface area contributed by atoms with Crippen LogP contribution in [0.3, 0.4) is 0 Å². The number of piperazine rings is 1. The highest BCUT2D eigenvalue weighted by Crippen LogP contribution is 2.24. The molecule has 0 atom stereocenters. The number of halogens is 2. The molecule has 1 aliphatic rings. The number of carbonyl (C=O) groups excluding carboxylic acids is 1. The average molecular weight is 476 g/mol. The van der Waals surface area contributed by atoms with Crippen LogP contribution in [0.25, 0.3) is 22.8 Å². The van der Waals surface area contributed by atoms with Gasteiger partial charge in [0.2, 0.25) is 5.91 Å². The smallest absolute Gasteiger partial charge is 0.244 e. The van der Waals surface area contributed by atoms with Crippen LogP contribution < -0.4 is 10.6 Å². The fourth-order valence-corrected chi connectivity index (χ4v) is 3.93. The van der Waals surface area contributed by atoms with Crippen molar-refractivity contribution in [1.29, 1.82) is 0 Å². The van der Waals surface area contributed by atoms with E-state index in [1.54, 1.807) is 35.2 Å². The Morgan fingerprint density at radius 3 is 2.14 bits per heavy atom. The number of nitrogens with two attached hydrogens (primary N) is 1. The first-order valence-corrected chi connectivity index (χ1v) is 11.0. The van der Waals surface area contributed by atoms with Gasteiger partial charge in [-0.25, -0.2) is 28.4 Å². The maximum Gasteiger partial charge on any atom is 0.244 e. The number of benzene rings is 2. The molecule has 1 saturated heterocycles. The van der Waals surface area contributed by atoms with Crippen LogP contribution in [-0.4, -0.2) is 61.7 Å². The van der Waals surface area contributed by atoms with Crippen molar-refractivity contribution in [3.8, 4) is 22.8 Å². The lowest BCUT2D eigenvalue weighted by Gasteiger charge is -2.35. The maximum atomic E-state index is 13.5. The molecule has 0 radical (unpaired) electrons. The zero-order valence-electron chi connectivity index (χ0n) is 18.7. The molecule has 1 aliphatic heterocycles. The number of aromatic nitrogens is 5. The highest BCUT2D eigenvalue weighted by molar-refractivity contribution is 5.77. The van der Waals surface area contributed by atoms with Gasteiger partial charge in [-0.3, -0.25) is 4.79 Å². The number of hydrogen-bond acceptors (Lipinski definition) is 7. The van der Waals surface area contributed by atoms with E-state index in [4.69, 9.17) is 5.73 Å². The van der Waals surface area contributed by atoms with Crippen LogP contribution in [0.15, 0.2) is 60.9 Å². The van der Waals surface area contributed by atoms with Gasteiger partial charge < -0.3 is 15.5 Å². The highest BCUT2D eigenvalue weighted by Gasteiger charge is 2.24. The van der Waals surface area contributed by atoms with Gasteiger partial charge in [0, 0.05) is 43.4 Å². The second-order valence-corrected chi connectivity index (χ2v) is 8.10. The van der Waals surface area contributed by atoms with Gasteiger partial charge in [-0.1, -0.05) is 0 Å². The molecule has 2 aromatic heterocycles. The van der Waals surface area contributed by atoms with E-state index >= 15 is 0 Å². The number of nitrogen functional groups attached to an aromatic ring is 1. The molecule has 1 amide bonds. The van der Waals surface area contributed by atoms with E-state index in [0.29, 0.717) is 54.8 Å². The molecule has 11 heteroatoms. The number of nitrogens with zero attached hydrogens (tertiary/aromatic N) is 7. The number of anilines is 2. The van der Waals surface area contributed by atoms with Crippen molar-refractivity contribution in [2.45, 2.75) is 6.54 Å². The van der Waals surface area contributed by atoms with Crippen LogP contribution >= 0.6 is 0 Å². The zero-order chi connectivity index (χ0) is 24.4. The summed E-state index contributed by atoms with van der Waals surface area (Å²) in [7, 11) is 0. The van der Waals surface area contributed by atoms with E-state index in [1.165, 1.54) is 35.3 Å². The molecule has 35 heavy (non-hydrogen) atoms. The molecule has 5 rings (SSSR count). The molecule has 9 nitrogen and oxygen atoms in total. The molecule has 1 fully saturated rings. The first kappa shape index (κ1) is 22.4. The van der Waals surface area contributed by atoms with Crippen LogP contribution in [0, 0.1) is 11.6 Å². The fraction of sp³-hybridized carbons (Fsp3) is 0.208. The van der Waals surface area contributed by atoms with Gasteiger partial charge in [0.1, 0.15) is 36.1 Å². The van der Waals surface area contributed by atoms with Crippen molar-refractivity contribution in [1.82, 2.24) is 29.6 Å². The lowest BCUT2D eigenvalue weighted by molar-refractivity contribution is -0.132. The van der Waals surface area contributed by atoms with Crippen LogP contribution in [0.2, 0.25) is 0 Å². The Bertz CT molecular complexity index is 1330. The van der Waals surface area contributed by atoms with Gasteiger partial charge in [0.25, 0.3) is 0 Å². The minimum atomic E-state index is -0.377. The summed E-state index contributed by atoms with van der Waals surface area (Å²) in [6.07, 6.45) is 1.42. The van der Waals surface area contributed by atoms with Gasteiger partial charge in [-0.05, 0) is 48.5 Å². The van der Waals surface area contributed by atoms with E-state index in [9.17, 15) is 13.6 Å². The Balaban J connectivity index is 1.35. The van der Waals surface area contributed by atoms with Gasteiger partial charge in [-0.15, -0.1) is 5.10 Å². The summed E-state index contributed by atoms with van der Waals surface area (Å²) in [6, 6.07) is 13.3. The molecule has 4 aromatic rings.